The van der Waals surface area contributed by atoms with Crippen LogP contribution in [-0.4, -0.2) is 12.5 Å². The first-order valence-electron chi connectivity index (χ1n) is 7.07. The highest BCUT2D eigenvalue weighted by molar-refractivity contribution is 6.31. The maximum atomic E-state index is 13.4. The third-order valence-corrected chi connectivity index (χ3v) is 3.75. The van der Waals surface area contributed by atoms with Crippen molar-refractivity contribution in [2.75, 3.05) is 11.9 Å². The van der Waals surface area contributed by atoms with Crippen LogP contribution in [-0.2, 0) is 11.3 Å². The molecule has 22 heavy (non-hydrogen) atoms. The Morgan fingerprint density at radius 1 is 1.18 bits per heavy atom. The standard InChI is InChI=1S/C17H18ClFN2O/c1-12-14(18)6-4-8-16(12)21-17(22)9-10-20-11-13-5-2-3-7-15(13)19/h2-8,20H,9-11H2,1H3,(H,21,22). The monoisotopic (exact) mass is 320 g/mol. The van der Waals surface area contributed by atoms with Crippen molar-refractivity contribution in [1.82, 2.24) is 5.32 Å². The number of amides is 1. The van der Waals surface area contributed by atoms with Crippen LogP contribution in [0.5, 0.6) is 0 Å². The maximum absolute atomic E-state index is 13.4. The van der Waals surface area contributed by atoms with Gasteiger partial charge in [-0.3, -0.25) is 4.79 Å². The number of anilines is 1. The average Bonchev–Trinajstić information content (AvgIpc) is 2.50. The van der Waals surface area contributed by atoms with E-state index in [0.29, 0.717) is 35.8 Å². The van der Waals surface area contributed by atoms with Crippen molar-refractivity contribution in [1.29, 1.82) is 0 Å². The molecule has 0 saturated carbocycles. The summed E-state index contributed by atoms with van der Waals surface area (Å²) < 4.78 is 13.4. The van der Waals surface area contributed by atoms with Crippen molar-refractivity contribution in [2.24, 2.45) is 0 Å². The third kappa shape index (κ3) is 4.55. The third-order valence-electron chi connectivity index (χ3n) is 3.34. The van der Waals surface area contributed by atoms with Crippen molar-refractivity contribution < 1.29 is 9.18 Å². The Bertz CT molecular complexity index is 661. The van der Waals surface area contributed by atoms with E-state index in [9.17, 15) is 9.18 Å². The van der Waals surface area contributed by atoms with Crippen molar-refractivity contribution in [3.8, 4) is 0 Å². The van der Waals surface area contributed by atoms with Gasteiger partial charge in [0.25, 0.3) is 0 Å². The molecule has 0 heterocycles. The molecule has 1 amide bonds. The second-order valence-electron chi connectivity index (χ2n) is 4.98. The van der Waals surface area contributed by atoms with E-state index in [-0.39, 0.29) is 11.7 Å². The summed E-state index contributed by atoms with van der Waals surface area (Å²) in [4.78, 5) is 11.9. The number of nitrogens with one attached hydrogen (secondary N) is 2. The number of rotatable bonds is 6. The molecule has 116 valence electrons. The molecule has 0 atom stereocenters. The molecule has 2 aromatic carbocycles. The van der Waals surface area contributed by atoms with E-state index in [4.69, 9.17) is 11.6 Å². The summed E-state index contributed by atoms with van der Waals surface area (Å²) in [6.07, 6.45) is 0.306. The molecular formula is C17H18ClFN2O. The molecule has 2 N–H and O–H groups in total. The Kier molecular flexibility index (Phi) is 5.92. The van der Waals surface area contributed by atoms with Crippen LogP contribution >= 0.6 is 11.6 Å². The van der Waals surface area contributed by atoms with E-state index in [1.165, 1.54) is 6.07 Å². The van der Waals surface area contributed by atoms with Crippen LogP contribution < -0.4 is 10.6 Å². The van der Waals surface area contributed by atoms with Crippen LogP contribution in [0.15, 0.2) is 42.5 Å². The summed E-state index contributed by atoms with van der Waals surface area (Å²) in [6, 6.07) is 12.0. The number of benzene rings is 2. The lowest BCUT2D eigenvalue weighted by atomic mass is 10.2. The molecule has 5 heteroatoms. The summed E-state index contributed by atoms with van der Waals surface area (Å²) in [5, 5.41) is 6.50. The van der Waals surface area contributed by atoms with Gasteiger partial charge in [0, 0.05) is 35.8 Å². The van der Waals surface area contributed by atoms with Crippen molar-refractivity contribution in [3.05, 3.63) is 64.4 Å². The van der Waals surface area contributed by atoms with Crippen LogP contribution in [0.2, 0.25) is 5.02 Å². The zero-order valence-corrected chi connectivity index (χ0v) is 13.1. The van der Waals surface area contributed by atoms with Gasteiger partial charge in [0.05, 0.1) is 0 Å². The first-order valence-corrected chi connectivity index (χ1v) is 7.45. The van der Waals surface area contributed by atoms with Crippen LogP contribution in [0.1, 0.15) is 17.5 Å². The average molecular weight is 321 g/mol. The fourth-order valence-corrected chi connectivity index (χ4v) is 2.20. The van der Waals surface area contributed by atoms with Gasteiger partial charge >= 0.3 is 0 Å². The quantitative estimate of drug-likeness (QED) is 0.792. The second-order valence-corrected chi connectivity index (χ2v) is 5.39. The highest BCUT2D eigenvalue weighted by Gasteiger charge is 2.07. The molecule has 0 spiro atoms. The minimum atomic E-state index is -0.242. The van der Waals surface area contributed by atoms with Crippen molar-refractivity contribution in [3.63, 3.8) is 0 Å². The van der Waals surface area contributed by atoms with E-state index >= 15 is 0 Å². The smallest absolute Gasteiger partial charge is 0.225 e. The Morgan fingerprint density at radius 2 is 1.95 bits per heavy atom. The molecule has 0 radical (unpaired) electrons. The predicted octanol–water partition coefficient (Wildman–Crippen LogP) is 3.91. The zero-order valence-electron chi connectivity index (χ0n) is 12.3. The van der Waals surface area contributed by atoms with Gasteiger partial charge in [-0.2, -0.15) is 0 Å². The molecule has 0 aliphatic heterocycles. The number of halogens is 2. The number of hydrogen-bond acceptors (Lipinski definition) is 2. The van der Waals surface area contributed by atoms with Crippen LogP contribution in [0.25, 0.3) is 0 Å². The van der Waals surface area contributed by atoms with Gasteiger partial charge in [0.2, 0.25) is 5.91 Å². The van der Waals surface area contributed by atoms with Crippen molar-refractivity contribution in [2.45, 2.75) is 19.9 Å². The lowest BCUT2D eigenvalue weighted by Gasteiger charge is -2.10. The molecule has 0 aromatic heterocycles. The minimum Gasteiger partial charge on any atom is -0.326 e. The molecule has 2 rings (SSSR count). The molecule has 0 bridgehead atoms. The Morgan fingerprint density at radius 3 is 2.73 bits per heavy atom. The fourth-order valence-electron chi connectivity index (χ4n) is 2.02. The molecular weight excluding hydrogens is 303 g/mol. The molecule has 3 nitrogen and oxygen atoms in total. The van der Waals surface area contributed by atoms with E-state index in [0.717, 1.165) is 5.56 Å². The summed E-state index contributed by atoms with van der Waals surface area (Å²) in [5.74, 6) is -0.347. The van der Waals surface area contributed by atoms with Crippen LogP contribution in [0, 0.1) is 12.7 Å². The SMILES string of the molecule is Cc1c(Cl)cccc1NC(=O)CCNCc1ccccc1F. The minimum absolute atomic E-state index is 0.105. The second kappa shape index (κ2) is 7.92. The fraction of sp³-hybridized carbons (Fsp3) is 0.235. The van der Waals surface area contributed by atoms with Gasteiger partial charge in [-0.25, -0.2) is 4.39 Å². The topological polar surface area (TPSA) is 41.1 Å². The summed E-state index contributed by atoms with van der Waals surface area (Å²) in [5.41, 5.74) is 2.15. The van der Waals surface area contributed by atoms with E-state index in [2.05, 4.69) is 10.6 Å². The van der Waals surface area contributed by atoms with Gasteiger partial charge in [0.15, 0.2) is 0 Å². The Balaban J connectivity index is 1.76. The molecule has 0 fully saturated rings. The van der Waals surface area contributed by atoms with Gasteiger partial charge in [-0.15, -0.1) is 0 Å². The highest BCUT2D eigenvalue weighted by atomic mass is 35.5. The first kappa shape index (κ1) is 16.5. The van der Waals surface area contributed by atoms with Crippen molar-refractivity contribution >= 4 is 23.2 Å². The number of hydrogen-bond donors (Lipinski definition) is 2. The summed E-state index contributed by atoms with van der Waals surface area (Å²) in [6.45, 7) is 2.73. The lowest BCUT2D eigenvalue weighted by Crippen LogP contribution is -2.22. The maximum Gasteiger partial charge on any atom is 0.225 e. The van der Waals surface area contributed by atoms with E-state index in [1.807, 2.05) is 13.0 Å². The summed E-state index contributed by atoms with van der Waals surface area (Å²) >= 11 is 6.01. The highest BCUT2D eigenvalue weighted by Crippen LogP contribution is 2.22. The Hall–Kier alpha value is -1.91. The predicted molar refractivity (Wildman–Crippen MR) is 87.5 cm³/mol. The molecule has 0 aliphatic rings. The first-order chi connectivity index (χ1) is 10.6. The molecule has 2 aromatic rings. The molecule has 0 aliphatic carbocycles. The van der Waals surface area contributed by atoms with Crippen LogP contribution in [0.3, 0.4) is 0 Å². The molecule has 0 unspecified atom stereocenters. The van der Waals surface area contributed by atoms with Gasteiger partial charge in [-0.1, -0.05) is 35.9 Å². The lowest BCUT2D eigenvalue weighted by molar-refractivity contribution is -0.116. The Labute approximate surface area is 134 Å². The van der Waals surface area contributed by atoms with E-state index in [1.54, 1.807) is 30.3 Å². The van der Waals surface area contributed by atoms with E-state index < -0.39 is 0 Å². The molecule has 0 saturated heterocycles. The zero-order chi connectivity index (χ0) is 15.9. The summed E-state index contributed by atoms with van der Waals surface area (Å²) in [7, 11) is 0. The number of carbonyl (C=O) groups is 1. The van der Waals surface area contributed by atoms with Gasteiger partial charge < -0.3 is 10.6 Å². The largest absolute Gasteiger partial charge is 0.326 e. The van der Waals surface area contributed by atoms with Gasteiger partial charge in [0.1, 0.15) is 5.82 Å². The normalized spacial score (nSPS) is 10.5. The number of carbonyl (C=O) groups excluding carboxylic acids is 1. The van der Waals surface area contributed by atoms with Gasteiger partial charge in [-0.05, 0) is 30.7 Å². The van der Waals surface area contributed by atoms with Crippen LogP contribution in [0.4, 0.5) is 10.1 Å².